The highest BCUT2D eigenvalue weighted by Gasteiger charge is 2.19. The molecule has 0 radical (unpaired) electrons. The first-order chi connectivity index (χ1) is 10.7. The van der Waals surface area contributed by atoms with Crippen LogP contribution in [0.3, 0.4) is 0 Å². The van der Waals surface area contributed by atoms with E-state index in [-0.39, 0.29) is 30.6 Å². The molecule has 0 saturated carbocycles. The third kappa shape index (κ3) is 6.71. The summed E-state index contributed by atoms with van der Waals surface area (Å²) >= 11 is 5.87. The summed E-state index contributed by atoms with van der Waals surface area (Å²) < 4.78 is 14.1. The van der Waals surface area contributed by atoms with Gasteiger partial charge in [0.1, 0.15) is 11.3 Å². The van der Waals surface area contributed by atoms with Crippen LogP contribution in [-0.4, -0.2) is 41.7 Å². The van der Waals surface area contributed by atoms with Gasteiger partial charge < -0.3 is 16.0 Å². The lowest BCUT2D eigenvalue weighted by atomic mass is 10.1. The number of rotatable bonds is 8. The van der Waals surface area contributed by atoms with Gasteiger partial charge in [-0.1, -0.05) is 25.4 Å². The molecule has 1 amide bonds. The zero-order chi connectivity index (χ0) is 17.6. The minimum atomic E-state index is -1.18. The van der Waals surface area contributed by atoms with E-state index in [9.17, 15) is 9.18 Å². The van der Waals surface area contributed by atoms with Gasteiger partial charge in [-0.15, -0.1) is 0 Å². The molecule has 1 rings (SSSR count). The Morgan fingerprint density at radius 1 is 1.26 bits per heavy atom. The number of amides is 1. The summed E-state index contributed by atoms with van der Waals surface area (Å²) in [5.74, 6) is -0.378. The Balaban J connectivity index is 2.71. The first-order valence-electron chi connectivity index (χ1n) is 7.81. The second-order valence-electron chi connectivity index (χ2n) is 6.19. The van der Waals surface area contributed by atoms with Gasteiger partial charge in [-0.25, -0.2) is 9.37 Å². The highest BCUT2D eigenvalue weighted by atomic mass is 35.5. The van der Waals surface area contributed by atoms with Gasteiger partial charge in [0.25, 0.3) is 5.91 Å². The number of hydrogen-bond donors (Lipinski definition) is 3. The van der Waals surface area contributed by atoms with Gasteiger partial charge in [-0.3, -0.25) is 4.79 Å². The minimum absolute atomic E-state index is 0.0660. The number of carbonyl (C=O) groups excluding carboxylic acids is 1. The zero-order valence-corrected chi connectivity index (χ0v) is 15.0. The van der Waals surface area contributed by atoms with E-state index < -0.39 is 6.17 Å². The number of nitrogens with one attached hydrogen (secondary N) is 3. The van der Waals surface area contributed by atoms with Crippen LogP contribution in [0.5, 0.6) is 0 Å². The lowest BCUT2D eigenvalue weighted by Crippen LogP contribution is -2.44. The standard InChI is InChI=1S/C16H26ClFN4O/c1-9(2)21-11(5)13(18)8-20-16(23)12-7-19-15(17)6-14(12)22-10(3)4/h6-7,9-11,13,21H,8H2,1-5H3,(H,19,22)(H,20,23). The maximum absolute atomic E-state index is 14.1. The Bertz CT molecular complexity index is 525. The second-order valence-corrected chi connectivity index (χ2v) is 6.57. The van der Waals surface area contributed by atoms with Gasteiger partial charge in [0.15, 0.2) is 0 Å². The molecule has 2 unspecified atom stereocenters. The summed E-state index contributed by atoms with van der Waals surface area (Å²) in [6.45, 7) is 9.49. The van der Waals surface area contributed by atoms with Gasteiger partial charge in [0.05, 0.1) is 17.8 Å². The molecule has 1 aromatic heterocycles. The molecule has 23 heavy (non-hydrogen) atoms. The molecule has 2 atom stereocenters. The van der Waals surface area contributed by atoms with E-state index in [1.54, 1.807) is 13.0 Å². The number of pyridine rings is 1. The predicted molar refractivity (Wildman–Crippen MR) is 93.0 cm³/mol. The number of aromatic nitrogens is 1. The molecule has 5 nitrogen and oxygen atoms in total. The summed E-state index contributed by atoms with van der Waals surface area (Å²) in [7, 11) is 0. The van der Waals surface area contributed by atoms with Crippen LogP contribution in [0.25, 0.3) is 0 Å². The fourth-order valence-corrected chi connectivity index (χ4v) is 2.29. The molecule has 0 bridgehead atoms. The molecule has 0 spiro atoms. The molecule has 0 aliphatic heterocycles. The van der Waals surface area contributed by atoms with Crippen molar-refractivity contribution in [1.29, 1.82) is 0 Å². The van der Waals surface area contributed by atoms with Gasteiger partial charge in [0.2, 0.25) is 0 Å². The quantitative estimate of drug-likeness (QED) is 0.634. The topological polar surface area (TPSA) is 66.0 Å². The first-order valence-corrected chi connectivity index (χ1v) is 8.19. The van der Waals surface area contributed by atoms with Crippen LogP contribution in [0, 0.1) is 0 Å². The Kier molecular flexibility index (Phi) is 7.72. The SMILES string of the molecule is CC(C)Nc1cc(Cl)ncc1C(=O)NCC(F)C(C)NC(C)C. The van der Waals surface area contributed by atoms with Gasteiger partial charge >= 0.3 is 0 Å². The van der Waals surface area contributed by atoms with Crippen LogP contribution in [0.1, 0.15) is 45.0 Å². The summed E-state index contributed by atoms with van der Waals surface area (Å²) in [4.78, 5) is 16.2. The molecule has 0 aliphatic rings. The van der Waals surface area contributed by atoms with E-state index in [0.717, 1.165) is 0 Å². The number of halogens is 2. The van der Waals surface area contributed by atoms with Crippen LogP contribution in [0.2, 0.25) is 5.15 Å². The van der Waals surface area contributed by atoms with Crippen LogP contribution in [-0.2, 0) is 0 Å². The monoisotopic (exact) mass is 344 g/mol. The smallest absolute Gasteiger partial charge is 0.255 e. The van der Waals surface area contributed by atoms with E-state index >= 15 is 0 Å². The number of hydrogen-bond acceptors (Lipinski definition) is 4. The molecule has 0 fully saturated rings. The van der Waals surface area contributed by atoms with E-state index in [1.807, 2.05) is 27.7 Å². The number of alkyl halides is 1. The average Bonchev–Trinajstić information content (AvgIpc) is 2.43. The van der Waals surface area contributed by atoms with E-state index in [2.05, 4.69) is 20.9 Å². The lowest BCUT2D eigenvalue weighted by molar-refractivity contribution is 0.0936. The number of nitrogens with zero attached hydrogens (tertiary/aromatic N) is 1. The number of anilines is 1. The highest BCUT2D eigenvalue weighted by molar-refractivity contribution is 6.29. The van der Waals surface area contributed by atoms with E-state index in [4.69, 9.17) is 11.6 Å². The molecule has 0 aromatic carbocycles. The van der Waals surface area contributed by atoms with Crippen molar-refractivity contribution < 1.29 is 9.18 Å². The fourth-order valence-electron chi connectivity index (χ4n) is 2.13. The summed E-state index contributed by atoms with van der Waals surface area (Å²) in [6.07, 6.45) is 0.217. The third-order valence-corrected chi connectivity index (χ3v) is 3.36. The lowest BCUT2D eigenvalue weighted by Gasteiger charge is -2.21. The van der Waals surface area contributed by atoms with Crippen molar-refractivity contribution in [3.8, 4) is 0 Å². The molecule has 7 heteroatoms. The molecular weight excluding hydrogens is 319 g/mol. The van der Waals surface area contributed by atoms with Gasteiger partial charge in [0, 0.05) is 24.3 Å². The Morgan fingerprint density at radius 2 is 1.91 bits per heavy atom. The van der Waals surface area contributed by atoms with Crippen molar-refractivity contribution >= 4 is 23.2 Å². The Morgan fingerprint density at radius 3 is 2.48 bits per heavy atom. The molecule has 1 aromatic rings. The van der Waals surface area contributed by atoms with E-state index in [1.165, 1.54) is 6.20 Å². The normalized spacial score (nSPS) is 14.0. The zero-order valence-electron chi connectivity index (χ0n) is 14.3. The predicted octanol–water partition coefficient (Wildman–Crippen LogP) is 3.01. The molecule has 130 valence electrons. The molecule has 0 aliphatic carbocycles. The van der Waals surface area contributed by atoms with Crippen LogP contribution in [0.15, 0.2) is 12.3 Å². The van der Waals surface area contributed by atoms with Crippen molar-refractivity contribution in [2.75, 3.05) is 11.9 Å². The maximum atomic E-state index is 14.1. The maximum Gasteiger partial charge on any atom is 0.255 e. The Hall–Kier alpha value is -1.40. The van der Waals surface area contributed by atoms with Crippen molar-refractivity contribution in [1.82, 2.24) is 15.6 Å². The van der Waals surface area contributed by atoms with Gasteiger partial charge in [-0.2, -0.15) is 0 Å². The highest BCUT2D eigenvalue weighted by Crippen LogP contribution is 2.19. The minimum Gasteiger partial charge on any atom is -0.382 e. The van der Waals surface area contributed by atoms with Crippen molar-refractivity contribution in [3.63, 3.8) is 0 Å². The van der Waals surface area contributed by atoms with Crippen LogP contribution >= 0.6 is 11.6 Å². The molecule has 1 heterocycles. The molecule has 3 N–H and O–H groups in total. The summed E-state index contributed by atoms with van der Waals surface area (Å²) in [5.41, 5.74) is 0.932. The average molecular weight is 345 g/mol. The summed E-state index contributed by atoms with van der Waals surface area (Å²) in [6, 6.07) is 1.56. The Labute approximate surface area is 142 Å². The first kappa shape index (κ1) is 19.6. The molecule has 0 saturated heterocycles. The second kappa shape index (κ2) is 9.03. The van der Waals surface area contributed by atoms with Crippen molar-refractivity contribution in [2.24, 2.45) is 0 Å². The fraction of sp³-hybridized carbons (Fsp3) is 0.625. The van der Waals surface area contributed by atoms with Crippen LogP contribution < -0.4 is 16.0 Å². The van der Waals surface area contributed by atoms with E-state index in [0.29, 0.717) is 16.4 Å². The summed E-state index contributed by atoms with van der Waals surface area (Å²) in [5, 5.41) is 9.13. The van der Waals surface area contributed by atoms with Gasteiger partial charge in [-0.05, 0) is 26.8 Å². The largest absolute Gasteiger partial charge is 0.382 e. The third-order valence-electron chi connectivity index (χ3n) is 3.16. The number of carbonyl (C=O) groups is 1. The van der Waals surface area contributed by atoms with Crippen molar-refractivity contribution in [3.05, 3.63) is 23.0 Å². The van der Waals surface area contributed by atoms with Crippen molar-refractivity contribution in [2.45, 2.75) is 58.9 Å². The molecular formula is C16H26ClFN4O. The van der Waals surface area contributed by atoms with Crippen LogP contribution in [0.4, 0.5) is 10.1 Å².